The number of methoxy groups -OCH3 is 1. The lowest BCUT2D eigenvalue weighted by atomic mass is 9.76. The number of hydrogen-bond acceptors (Lipinski definition) is 4. The van der Waals surface area contributed by atoms with Crippen LogP contribution in [0.3, 0.4) is 0 Å². The fourth-order valence-electron chi connectivity index (χ4n) is 5.14. The third-order valence-electron chi connectivity index (χ3n) is 7.39. The van der Waals surface area contributed by atoms with E-state index in [1.165, 1.54) is 5.56 Å². The van der Waals surface area contributed by atoms with Crippen molar-refractivity contribution in [3.8, 4) is 5.75 Å². The second kappa shape index (κ2) is 11.7. The second-order valence-electron chi connectivity index (χ2n) is 12.1. The summed E-state index contributed by atoms with van der Waals surface area (Å²) in [4.78, 5) is 15.3. The number of hydrogen-bond donors (Lipinski definition) is 1. The van der Waals surface area contributed by atoms with Gasteiger partial charge in [-0.25, -0.2) is 4.79 Å². The molecule has 0 spiro atoms. The summed E-state index contributed by atoms with van der Waals surface area (Å²) in [6.45, 7) is 17.4. The van der Waals surface area contributed by atoms with Gasteiger partial charge in [0, 0.05) is 24.7 Å². The van der Waals surface area contributed by atoms with E-state index in [1.807, 2.05) is 23.1 Å². The van der Waals surface area contributed by atoms with Crippen LogP contribution in [0.4, 0.5) is 4.79 Å². The summed E-state index contributed by atoms with van der Waals surface area (Å²) in [5.41, 5.74) is 3.59. The van der Waals surface area contributed by atoms with Crippen molar-refractivity contribution in [2.75, 3.05) is 20.3 Å². The largest absolute Gasteiger partial charge is 0.496 e. The average Bonchev–Trinajstić information content (AvgIpc) is 3.23. The zero-order valence-corrected chi connectivity index (χ0v) is 23.6. The number of nitrogens with zero attached hydrogens (tertiary/aromatic N) is 1. The number of carbonyl (C=O) groups is 1. The molecule has 198 valence electrons. The van der Waals surface area contributed by atoms with Crippen LogP contribution in [0, 0.1) is 11.3 Å². The van der Waals surface area contributed by atoms with Crippen LogP contribution in [0.2, 0.25) is 0 Å². The molecule has 2 aromatic rings. The van der Waals surface area contributed by atoms with Gasteiger partial charge in [0.1, 0.15) is 5.75 Å². The van der Waals surface area contributed by atoms with E-state index in [0.717, 1.165) is 29.7 Å². The predicted octanol–water partition coefficient (Wildman–Crippen LogP) is 7.11. The van der Waals surface area contributed by atoms with Crippen LogP contribution in [0.15, 0.2) is 48.5 Å². The minimum Gasteiger partial charge on any atom is -0.496 e. The number of unbranched alkanes of at least 4 members (excludes halogenated alkanes) is 1. The molecule has 1 saturated heterocycles. The molecule has 0 radical (unpaired) electrons. The lowest BCUT2D eigenvalue weighted by molar-refractivity contribution is 0.0932. The van der Waals surface area contributed by atoms with Gasteiger partial charge in [-0.15, -0.1) is 0 Å². The number of rotatable bonds is 8. The molecule has 1 heterocycles. The first kappa shape index (κ1) is 28.0. The molecule has 5 heteroatoms. The molecule has 1 fully saturated rings. The Kier molecular flexibility index (Phi) is 9.10. The molecule has 2 aromatic carbocycles. The Hall–Kier alpha value is -2.53. The Labute approximate surface area is 218 Å². The third-order valence-corrected chi connectivity index (χ3v) is 7.39. The SMILES string of the molecule is CCCCOC(=O)N1CC(C(C)(C)C)C(NCc2cc(C(C)(C)C)ccc2OC)C1c1ccccc1. The number of ether oxygens (including phenoxy) is 2. The van der Waals surface area contributed by atoms with Crippen LogP contribution in [-0.4, -0.2) is 37.3 Å². The molecule has 3 rings (SSSR count). The summed E-state index contributed by atoms with van der Waals surface area (Å²) >= 11 is 0. The van der Waals surface area contributed by atoms with Gasteiger partial charge in [0.2, 0.25) is 0 Å². The highest BCUT2D eigenvalue weighted by atomic mass is 16.6. The maximum Gasteiger partial charge on any atom is 0.410 e. The molecular weight excluding hydrogens is 448 g/mol. The normalized spacial score (nSPS) is 20.4. The number of amides is 1. The first-order valence-electron chi connectivity index (χ1n) is 13.4. The zero-order chi connectivity index (χ0) is 26.5. The van der Waals surface area contributed by atoms with E-state index in [2.05, 4.69) is 84.1 Å². The number of likely N-dealkylation sites (tertiary alicyclic amines) is 1. The van der Waals surface area contributed by atoms with E-state index >= 15 is 0 Å². The highest BCUT2D eigenvalue weighted by Gasteiger charge is 2.49. The first-order chi connectivity index (χ1) is 17.0. The van der Waals surface area contributed by atoms with E-state index in [0.29, 0.717) is 19.7 Å². The monoisotopic (exact) mass is 494 g/mol. The van der Waals surface area contributed by atoms with Crippen molar-refractivity contribution in [1.29, 1.82) is 0 Å². The molecule has 1 aliphatic heterocycles. The molecule has 0 aliphatic carbocycles. The lowest BCUT2D eigenvalue weighted by Gasteiger charge is -2.34. The maximum absolute atomic E-state index is 13.3. The summed E-state index contributed by atoms with van der Waals surface area (Å²) in [6.07, 6.45) is 1.66. The van der Waals surface area contributed by atoms with Crippen molar-refractivity contribution < 1.29 is 14.3 Å². The van der Waals surface area contributed by atoms with Crippen LogP contribution in [0.1, 0.15) is 84.0 Å². The molecule has 1 aliphatic rings. The highest BCUT2D eigenvalue weighted by Crippen LogP contribution is 2.44. The van der Waals surface area contributed by atoms with Crippen molar-refractivity contribution in [3.05, 3.63) is 65.2 Å². The van der Waals surface area contributed by atoms with Crippen molar-refractivity contribution in [2.45, 2.75) is 85.4 Å². The minimum absolute atomic E-state index is 0.000486. The molecule has 5 nitrogen and oxygen atoms in total. The minimum atomic E-state index is -0.219. The van der Waals surface area contributed by atoms with Crippen LogP contribution in [0.5, 0.6) is 5.75 Å². The number of nitrogens with one attached hydrogen (secondary N) is 1. The Balaban J connectivity index is 1.96. The standard InChI is InChI=1S/C31H46N2O3/c1-9-10-18-36-29(34)33-21-25(31(5,6)7)27(28(33)22-14-12-11-13-15-22)32-20-23-19-24(30(2,3)4)16-17-26(23)35-8/h11-17,19,25,27-28,32H,9-10,18,20-21H2,1-8H3. The summed E-state index contributed by atoms with van der Waals surface area (Å²) in [7, 11) is 1.73. The fraction of sp³-hybridized carbons (Fsp3) is 0.581. The van der Waals surface area contributed by atoms with E-state index in [-0.39, 0.29) is 34.9 Å². The van der Waals surface area contributed by atoms with Gasteiger partial charge < -0.3 is 14.8 Å². The van der Waals surface area contributed by atoms with E-state index in [9.17, 15) is 4.79 Å². The molecule has 3 atom stereocenters. The number of carbonyl (C=O) groups excluding carboxylic acids is 1. The molecule has 3 unspecified atom stereocenters. The summed E-state index contributed by atoms with van der Waals surface area (Å²) in [5, 5.41) is 3.88. The van der Waals surface area contributed by atoms with Crippen LogP contribution in [-0.2, 0) is 16.7 Å². The van der Waals surface area contributed by atoms with Gasteiger partial charge in [-0.2, -0.15) is 0 Å². The Morgan fingerprint density at radius 1 is 1.06 bits per heavy atom. The van der Waals surface area contributed by atoms with E-state index in [1.54, 1.807) is 7.11 Å². The van der Waals surface area contributed by atoms with Crippen molar-refractivity contribution >= 4 is 6.09 Å². The zero-order valence-electron chi connectivity index (χ0n) is 23.6. The highest BCUT2D eigenvalue weighted by molar-refractivity contribution is 5.69. The van der Waals surface area contributed by atoms with Gasteiger partial charge >= 0.3 is 6.09 Å². The third kappa shape index (κ3) is 6.61. The molecule has 36 heavy (non-hydrogen) atoms. The number of benzene rings is 2. The smallest absolute Gasteiger partial charge is 0.410 e. The van der Waals surface area contributed by atoms with E-state index < -0.39 is 0 Å². The van der Waals surface area contributed by atoms with Gasteiger partial charge in [0.15, 0.2) is 0 Å². The topological polar surface area (TPSA) is 50.8 Å². The van der Waals surface area contributed by atoms with Gasteiger partial charge in [-0.05, 0) is 40.4 Å². The second-order valence-corrected chi connectivity index (χ2v) is 12.1. The van der Waals surface area contributed by atoms with Crippen molar-refractivity contribution in [2.24, 2.45) is 11.3 Å². The van der Waals surface area contributed by atoms with Crippen molar-refractivity contribution in [3.63, 3.8) is 0 Å². The van der Waals surface area contributed by atoms with Crippen LogP contribution in [0.25, 0.3) is 0 Å². The lowest BCUT2D eigenvalue weighted by Crippen LogP contribution is -2.43. The van der Waals surface area contributed by atoms with Gasteiger partial charge in [0.05, 0.1) is 19.8 Å². The van der Waals surface area contributed by atoms with Crippen LogP contribution < -0.4 is 10.1 Å². The average molecular weight is 495 g/mol. The molecule has 0 saturated carbocycles. The first-order valence-corrected chi connectivity index (χ1v) is 13.4. The van der Waals surface area contributed by atoms with Gasteiger partial charge in [-0.1, -0.05) is 97.4 Å². The molecular formula is C31H46N2O3. The maximum atomic E-state index is 13.3. The Morgan fingerprint density at radius 3 is 2.33 bits per heavy atom. The quantitative estimate of drug-likeness (QED) is 0.397. The predicted molar refractivity (Wildman–Crippen MR) is 147 cm³/mol. The summed E-state index contributed by atoms with van der Waals surface area (Å²) in [5.74, 6) is 1.13. The van der Waals surface area contributed by atoms with Gasteiger partial charge in [-0.3, -0.25) is 4.90 Å². The fourth-order valence-corrected chi connectivity index (χ4v) is 5.14. The van der Waals surface area contributed by atoms with E-state index in [4.69, 9.17) is 9.47 Å². The Morgan fingerprint density at radius 2 is 1.75 bits per heavy atom. The van der Waals surface area contributed by atoms with Crippen LogP contribution >= 0.6 is 0 Å². The molecule has 1 amide bonds. The molecule has 1 N–H and O–H groups in total. The Bertz CT molecular complexity index is 991. The molecule has 0 bridgehead atoms. The van der Waals surface area contributed by atoms with Crippen molar-refractivity contribution in [1.82, 2.24) is 10.2 Å². The van der Waals surface area contributed by atoms with Gasteiger partial charge in [0.25, 0.3) is 0 Å². The summed E-state index contributed by atoms with van der Waals surface area (Å²) in [6, 6.07) is 16.8. The summed E-state index contributed by atoms with van der Waals surface area (Å²) < 4.78 is 11.4. The molecule has 0 aromatic heterocycles.